The molecule has 0 aliphatic carbocycles. The van der Waals surface area contributed by atoms with E-state index in [2.05, 4.69) is 6.92 Å². The molecule has 0 bridgehead atoms. The normalized spacial score (nSPS) is 20.3. The van der Waals surface area contributed by atoms with Crippen molar-refractivity contribution >= 4 is 17.5 Å². The maximum atomic E-state index is 12.6. The van der Waals surface area contributed by atoms with Crippen molar-refractivity contribution in [2.75, 3.05) is 6.61 Å². The number of amides is 1. The van der Waals surface area contributed by atoms with Gasteiger partial charge in [-0.05, 0) is 31.9 Å². The number of hydroxylamine groups is 2. The van der Waals surface area contributed by atoms with Crippen molar-refractivity contribution in [1.82, 2.24) is 5.06 Å². The van der Waals surface area contributed by atoms with Gasteiger partial charge in [0, 0.05) is 11.6 Å². The van der Waals surface area contributed by atoms with Gasteiger partial charge in [-0.25, -0.2) is 9.90 Å². The first-order valence-corrected chi connectivity index (χ1v) is 8.68. The monoisotopic (exact) mass is 339 g/mol. The summed E-state index contributed by atoms with van der Waals surface area (Å²) in [6.45, 7) is 6.84. The highest BCUT2D eigenvalue weighted by Gasteiger charge is 2.50. The SMILES string of the molecule is CCCCCCOC1ON(Cc2ccccc2Cl)C(=O)C1(C)C. The van der Waals surface area contributed by atoms with Gasteiger partial charge in [0.25, 0.3) is 5.91 Å². The predicted octanol–water partition coefficient (Wildman–Crippen LogP) is 4.56. The van der Waals surface area contributed by atoms with Crippen LogP contribution in [0.1, 0.15) is 52.0 Å². The van der Waals surface area contributed by atoms with Crippen molar-refractivity contribution in [2.45, 2.75) is 59.3 Å². The van der Waals surface area contributed by atoms with Crippen LogP contribution in [-0.4, -0.2) is 23.9 Å². The molecule has 1 heterocycles. The highest BCUT2D eigenvalue weighted by atomic mass is 35.5. The minimum absolute atomic E-state index is 0.0732. The Labute approximate surface area is 143 Å². The van der Waals surface area contributed by atoms with Crippen LogP contribution in [0.4, 0.5) is 0 Å². The maximum Gasteiger partial charge on any atom is 0.257 e. The van der Waals surface area contributed by atoms with Gasteiger partial charge in [-0.15, -0.1) is 0 Å². The van der Waals surface area contributed by atoms with E-state index in [4.69, 9.17) is 21.2 Å². The average Bonchev–Trinajstić information content (AvgIpc) is 2.73. The number of carbonyl (C=O) groups is 1. The Kier molecular flexibility index (Phi) is 6.45. The predicted molar refractivity (Wildman–Crippen MR) is 90.8 cm³/mol. The molecule has 0 saturated carbocycles. The van der Waals surface area contributed by atoms with Crippen molar-refractivity contribution in [1.29, 1.82) is 0 Å². The molecule has 1 atom stereocenters. The zero-order valence-corrected chi connectivity index (χ0v) is 14.9. The number of rotatable bonds is 8. The minimum atomic E-state index is -0.688. The fraction of sp³-hybridized carbons (Fsp3) is 0.611. The van der Waals surface area contributed by atoms with Crippen LogP contribution >= 0.6 is 11.6 Å². The molecule has 1 saturated heterocycles. The Balaban J connectivity index is 1.93. The van der Waals surface area contributed by atoms with Crippen molar-refractivity contribution in [2.24, 2.45) is 5.41 Å². The van der Waals surface area contributed by atoms with Crippen LogP contribution in [0.3, 0.4) is 0 Å². The number of carbonyl (C=O) groups excluding carboxylic acids is 1. The maximum absolute atomic E-state index is 12.6. The quantitative estimate of drug-likeness (QED) is 0.651. The highest BCUT2D eigenvalue weighted by Crippen LogP contribution is 2.36. The minimum Gasteiger partial charge on any atom is -0.349 e. The van der Waals surface area contributed by atoms with E-state index < -0.39 is 11.7 Å². The van der Waals surface area contributed by atoms with E-state index in [-0.39, 0.29) is 5.91 Å². The third-order valence-corrected chi connectivity index (χ3v) is 4.50. The summed E-state index contributed by atoms with van der Waals surface area (Å²) in [4.78, 5) is 18.3. The molecular formula is C18H26ClNO3. The van der Waals surface area contributed by atoms with Crippen LogP contribution in [0.2, 0.25) is 5.02 Å². The van der Waals surface area contributed by atoms with Crippen molar-refractivity contribution in [3.05, 3.63) is 34.9 Å². The molecule has 1 amide bonds. The second kappa shape index (κ2) is 8.13. The third kappa shape index (κ3) is 4.46. The summed E-state index contributed by atoms with van der Waals surface area (Å²) in [6, 6.07) is 7.47. The first-order chi connectivity index (χ1) is 11.0. The molecule has 2 rings (SSSR count). The van der Waals surface area contributed by atoms with Crippen molar-refractivity contribution in [3.63, 3.8) is 0 Å². The zero-order chi connectivity index (χ0) is 16.9. The molecule has 1 aromatic rings. The van der Waals surface area contributed by atoms with E-state index in [1.807, 2.05) is 38.1 Å². The van der Waals surface area contributed by atoms with Gasteiger partial charge in [0.05, 0.1) is 12.0 Å². The van der Waals surface area contributed by atoms with Gasteiger partial charge in [-0.2, -0.15) is 0 Å². The van der Waals surface area contributed by atoms with Gasteiger partial charge in [0.2, 0.25) is 0 Å². The van der Waals surface area contributed by atoms with Gasteiger partial charge in [-0.3, -0.25) is 4.79 Å². The van der Waals surface area contributed by atoms with E-state index in [0.29, 0.717) is 18.2 Å². The average molecular weight is 340 g/mol. The molecular weight excluding hydrogens is 314 g/mol. The highest BCUT2D eigenvalue weighted by molar-refractivity contribution is 6.31. The summed E-state index contributed by atoms with van der Waals surface area (Å²) in [5.41, 5.74) is 0.174. The number of hydrogen-bond acceptors (Lipinski definition) is 3. The Morgan fingerprint density at radius 3 is 2.70 bits per heavy atom. The standard InChI is InChI=1S/C18H26ClNO3/c1-4-5-6-9-12-22-17-18(2,3)16(21)20(23-17)13-14-10-7-8-11-15(14)19/h7-8,10-11,17H,4-6,9,12-13H2,1-3H3. The molecule has 128 valence electrons. The molecule has 5 heteroatoms. The van der Waals surface area contributed by atoms with Crippen LogP contribution < -0.4 is 0 Å². The molecule has 0 radical (unpaired) electrons. The molecule has 4 nitrogen and oxygen atoms in total. The van der Waals surface area contributed by atoms with Crippen molar-refractivity contribution in [3.8, 4) is 0 Å². The van der Waals surface area contributed by atoms with E-state index in [1.165, 1.54) is 17.9 Å². The van der Waals surface area contributed by atoms with Gasteiger partial charge >= 0.3 is 0 Å². The van der Waals surface area contributed by atoms with Crippen molar-refractivity contribution < 1.29 is 14.4 Å². The summed E-state index contributed by atoms with van der Waals surface area (Å²) >= 11 is 6.17. The van der Waals surface area contributed by atoms with Gasteiger partial charge < -0.3 is 4.74 Å². The molecule has 0 spiro atoms. The van der Waals surface area contributed by atoms with Gasteiger partial charge in [0.1, 0.15) is 0 Å². The van der Waals surface area contributed by atoms with Crippen LogP contribution in [0.5, 0.6) is 0 Å². The third-order valence-electron chi connectivity index (χ3n) is 4.13. The fourth-order valence-corrected chi connectivity index (χ4v) is 2.76. The number of halogens is 1. The van der Waals surface area contributed by atoms with Gasteiger partial charge in [0.15, 0.2) is 6.29 Å². The molecule has 1 fully saturated rings. The molecule has 1 aliphatic heterocycles. The molecule has 23 heavy (non-hydrogen) atoms. The number of nitrogens with zero attached hydrogens (tertiary/aromatic N) is 1. The lowest BCUT2D eigenvalue weighted by Crippen LogP contribution is -2.34. The number of ether oxygens (including phenoxy) is 1. The molecule has 1 unspecified atom stereocenters. The molecule has 0 aromatic heterocycles. The second-order valence-corrected chi connectivity index (χ2v) is 6.93. The number of hydrogen-bond donors (Lipinski definition) is 0. The first-order valence-electron chi connectivity index (χ1n) is 8.30. The van der Waals surface area contributed by atoms with Crippen LogP contribution in [0.25, 0.3) is 0 Å². The fourth-order valence-electron chi connectivity index (χ4n) is 2.57. The van der Waals surface area contributed by atoms with E-state index >= 15 is 0 Å². The smallest absolute Gasteiger partial charge is 0.257 e. The lowest BCUT2D eigenvalue weighted by Gasteiger charge is -2.20. The second-order valence-electron chi connectivity index (χ2n) is 6.52. The van der Waals surface area contributed by atoms with E-state index in [9.17, 15) is 4.79 Å². The van der Waals surface area contributed by atoms with Crippen LogP contribution in [0, 0.1) is 5.41 Å². The summed E-state index contributed by atoms with van der Waals surface area (Å²) in [6.07, 6.45) is 3.98. The molecule has 1 aromatic carbocycles. The molecule has 0 N–H and O–H groups in total. The topological polar surface area (TPSA) is 38.8 Å². The Hall–Kier alpha value is -1.10. The largest absolute Gasteiger partial charge is 0.349 e. The van der Waals surface area contributed by atoms with Crippen LogP contribution in [0.15, 0.2) is 24.3 Å². The Bertz CT molecular complexity index is 533. The lowest BCUT2D eigenvalue weighted by molar-refractivity contribution is -0.248. The number of unbranched alkanes of at least 4 members (excludes halogenated alkanes) is 3. The molecule has 1 aliphatic rings. The summed E-state index contributed by atoms with van der Waals surface area (Å²) in [5, 5.41) is 2.00. The zero-order valence-electron chi connectivity index (χ0n) is 14.2. The van der Waals surface area contributed by atoms with Crippen LogP contribution in [-0.2, 0) is 20.9 Å². The Morgan fingerprint density at radius 2 is 2.00 bits per heavy atom. The summed E-state index contributed by atoms with van der Waals surface area (Å²) < 4.78 is 5.82. The first kappa shape index (κ1) is 18.2. The lowest BCUT2D eigenvalue weighted by atomic mass is 9.92. The number of benzene rings is 1. The summed E-state index contributed by atoms with van der Waals surface area (Å²) in [7, 11) is 0. The Morgan fingerprint density at radius 1 is 1.26 bits per heavy atom. The van der Waals surface area contributed by atoms with E-state index in [0.717, 1.165) is 18.4 Å². The summed E-state index contributed by atoms with van der Waals surface area (Å²) in [5.74, 6) is -0.0732. The van der Waals surface area contributed by atoms with E-state index in [1.54, 1.807) is 0 Å². The van der Waals surface area contributed by atoms with Gasteiger partial charge in [-0.1, -0.05) is 56.0 Å².